The SMILES string of the molecule is C/C(=N/O)c1cccc(NC(=O)CC2CCSCC2)c1. The molecule has 108 valence electrons. The van der Waals surface area contributed by atoms with Crippen molar-refractivity contribution in [3.8, 4) is 0 Å². The Bertz CT molecular complexity index is 496. The van der Waals surface area contributed by atoms with Crippen molar-refractivity contribution in [3.63, 3.8) is 0 Å². The molecule has 2 N–H and O–H groups in total. The minimum absolute atomic E-state index is 0.0673. The number of thioether (sulfide) groups is 1. The zero-order valence-corrected chi connectivity index (χ0v) is 12.4. The molecule has 0 spiro atoms. The quantitative estimate of drug-likeness (QED) is 0.508. The molecule has 1 aromatic rings. The summed E-state index contributed by atoms with van der Waals surface area (Å²) in [4.78, 5) is 12.0. The lowest BCUT2D eigenvalue weighted by Gasteiger charge is -2.20. The Balaban J connectivity index is 1.93. The van der Waals surface area contributed by atoms with E-state index in [4.69, 9.17) is 5.21 Å². The summed E-state index contributed by atoms with van der Waals surface area (Å²) >= 11 is 1.97. The van der Waals surface area contributed by atoms with Crippen LogP contribution in [0.5, 0.6) is 0 Å². The molecule has 20 heavy (non-hydrogen) atoms. The van der Waals surface area contributed by atoms with Crippen LogP contribution in [0, 0.1) is 5.92 Å². The van der Waals surface area contributed by atoms with Gasteiger partial charge in [-0.1, -0.05) is 17.3 Å². The van der Waals surface area contributed by atoms with Crippen LogP contribution in [0.3, 0.4) is 0 Å². The highest BCUT2D eigenvalue weighted by molar-refractivity contribution is 7.99. The summed E-state index contributed by atoms with van der Waals surface area (Å²) in [6.45, 7) is 1.72. The summed E-state index contributed by atoms with van der Waals surface area (Å²) in [5.41, 5.74) is 2.09. The number of carbonyl (C=O) groups excluding carboxylic acids is 1. The molecule has 1 aromatic carbocycles. The van der Waals surface area contributed by atoms with Crippen LogP contribution in [0.25, 0.3) is 0 Å². The van der Waals surface area contributed by atoms with Crippen LogP contribution >= 0.6 is 11.8 Å². The summed E-state index contributed by atoms with van der Waals surface area (Å²) in [5, 5.41) is 14.9. The zero-order valence-electron chi connectivity index (χ0n) is 11.6. The third-order valence-corrected chi connectivity index (χ3v) is 4.58. The monoisotopic (exact) mass is 292 g/mol. The van der Waals surface area contributed by atoms with Crippen LogP contribution in [0.15, 0.2) is 29.4 Å². The van der Waals surface area contributed by atoms with Gasteiger partial charge in [0, 0.05) is 17.7 Å². The second kappa shape index (κ2) is 7.33. The Morgan fingerprint density at radius 2 is 2.20 bits per heavy atom. The van der Waals surface area contributed by atoms with Gasteiger partial charge in [-0.3, -0.25) is 4.79 Å². The topological polar surface area (TPSA) is 61.7 Å². The first-order chi connectivity index (χ1) is 9.69. The number of benzene rings is 1. The molecule has 1 fully saturated rings. The number of nitrogens with one attached hydrogen (secondary N) is 1. The van der Waals surface area contributed by atoms with Crippen LogP contribution in [0.2, 0.25) is 0 Å². The largest absolute Gasteiger partial charge is 0.411 e. The lowest BCUT2D eigenvalue weighted by atomic mass is 9.98. The second-order valence-electron chi connectivity index (χ2n) is 5.07. The van der Waals surface area contributed by atoms with E-state index < -0.39 is 0 Å². The van der Waals surface area contributed by atoms with Crippen molar-refractivity contribution < 1.29 is 10.0 Å². The van der Waals surface area contributed by atoms with Crippen LogP contribution in [0.1, 0.15) is 31.7 Å². The Kier molecular flexibility index (Phi) is 5.47. The lowest BCUT2D eigenvalue weighted by molar-refractivity contribution is -0.117. The first-order valence-corrected chi connectivity index (χ1v) is 8.01. The van der Waals surface area contributed by atoms with Gasteiger partial charge in [0.2, 0.25) is 5.91 Å². The molecule has 0 atom stereocenters. The van der Waals surface area contributed by atoms with Gasteiger partial charge in [-0.2, -0.15) is 11.8 Å². The minimum atomic E-state index is 0.0673. The Labute approximate surface area is 123 Å². The van der Waals surface area contributed by atoms with Gasteiger partial charge in [0.1, 0.15) is 0 Å². The van der Waals surface area contributed by atoms with E-state index in [0.29, 0.717) is 18.1 Å². The molecule has 1 amide bonds. The normalized spacial score (nSPS) is 16.9. The lowest BCUT2D eigenvalue weighted by Crippen LogP contribution is -2.19. The summed E-state index contributed by atoms with van der Waals surface area (Å²) in [6.07, 6.45) is 2.86. The van der Waals surface area contributed by atoms with E-state index in [0.717, 1.165) is 24.1 Å². The highest BCUT2D eigenvalue weighted by Crippen LogP contribution is 2.25. The molecule has 2 rings (SSSR count). The van der Waals surface area contributed by atoms with Crippen molar-refractivity contribution in [2.45, 2.75) is 26.2 Å². The van der Waals surface area contributed by atoms with Crippen LogP contribution in [-0.2, 0) is 4.79 Å². The molecular weight excluding hydrogens is 272 g/mol. The standard InChI is InChI=1S/C15H20N2O2S/c1-11(17-19)13-3-2-4-14(10-13)16-15(18)9-12-5-7-20-8-6-12/h2-4,10,12,19H,5-9H2,1H3,(H,16,18)/b17-11-. The minimum Gasteiger partial charge on any atom is -0.411 e. The van der Waals surface area contributed by atoms with Crippen molar-refractivity contribution in [1.29, 1.82) is 0 Å². The number of amides is 1. The molecule has 1 saturated heterocycles. The van der Waals surface area contributed by atoms with E-state index in [-0.39, 0.29) is 5.91 Å². The van der Waals surface area contributed by atoms with E-state index >= 15 is 0 Å². The van der Waals surface area contributed by atoms with Gasteiger partial charge in [0.25, 0.3) is 0 Å². The maximum atomic E-state index is 12.0. The van der Waals surface area contributed by atoms with Crippen LogP contribution in [-0.4, -0.2) is 28.3 Å². The molecule has 0 bridgehead atoms. The average molecular weight is 292 g/mol. The Morgan fingerprint density at radius 3 is 2.90 bits per heavy atom. The van der Waals surface area contributed by atoms with Gasteiger partial charge in [-0.05, 0) is 49.3 Å². The maximum Gasteiger partial charge on any atom is 0.224 e. The predicted octanol–water partition coefficient (Wildman–Crippen LogP) is 3.36. The fourth-order valence-electron chi connectivity index (χ4n) is 2.30. The van der Waals surface area contributed by atoms with Gasteiger partial charge < -0.3 is 10.5 Å². The maximum absolute atomic E-state index is 12.0. The first kappa shape index (κ1) is 14.9. The molecule has 0 radical (unpaired) electrons. The smallest absolute Gasteiger partial charge is 0.224 e. The van der Waals surface area contributed by atoms with Crippen molar-refractivity contribution in [2.24, 2.45) is 11.1 Å². The number of hydrogen-bond acceptors (Lipinski definition) is 4. The number of nitrogens with zero attached hydrogens (tertiary/aromatic N) is 1. The second-order valence-corrected chi connectivity index (χ2v) is 6.30. The average Bonchev–Trinajstić information content (AvgIpc) is 2.47. The zero-order chi connectivity index (χ0) is 14.4. The first-order valence-electron chi connectivity index (χ1n) is 6.85. The van der Waals surface area contributed by atoms with E-state index in [2.05, 4.69) is 10.5 Å². The molecular formula is C15H20N2O2S. The number of oxime groups is 1. The van der Waals surface area contributed by atoms with Crippen LogP contribution in [0.4, 0.5) is 5.69 Å². The van der Waals surface area contributed by atoms with E-state index in [1.807, 2.05) is 36.0 Å². The number of anilines is 1. The molecule has 4 nitrogen and oxygen atoms in total. The van der Waals surface area contributed by atoms with Gasteiger partial charge in [0.05, 0.1) is 5.71 Å². The van der Waals surface area contributed by atoms with Gasteiger partial charge in [0.15, 0.2) is 0 Å². The fraction of sp³-hybridized carbons (Fsp3) is 0.467. The molecule has 0 aliphatic carbocycles. The third-order valence-electron chi connectivity index (χ3n) is 3.53. The van der Waals surface area contributed by atoms with E-state index in [1.165, 1.54) is 11.5 Å². The summed E-state index contributed by atoms with van der Waals surface area (Å²) < 4.78 is 0. The highest BCUT2D eigenvalue weighted by Gasteiger charge is 2.17. The van der Waals surface area contributed by atoms with E-state index in [1.54, 1.807) is 6.92 Å². The van der Waals surface area contributed by atoms with Crippen molar-refractivity contribution in [2.75, 3.05) is 16.8 Å². The molecule has 5 heteroatoms. The molecule has 0 aromatic heterocycles. The molecule has 0 saturated carbocycles. The number of carbonyl (C=O) groups is 1. The van der Waals surface area contributed by atoms with Gasteiger partial charge in [-0.15, -0.1) is 0 Å². The summed E-state index contributed by atoms with van der Waals surface area (Å²) in [5.74, 6) is 2.91. The highest BCUT2D eigenvalue weighted by atomic mass is 32.2. The number of rotatable bonds is 4. The van der Waals surface area contributed by atoms with Crippen LogP contribution < -0.4 is 5.32 Å². The predicted molar refractivity (Wildman–Crippen MR) is 83.7 cm³/mol. The Morgan fingerprint density at radius 1 is 1.45 bits per heavy atom. The Hall–Kier alpha value is -1.49. The summed E-state index contributed by atoms with van der Waals surface area (Å²) in [7, 11) is 0. The molecule has 1 heterocycles. The fourth-order valence-corrected chi connectivity index (χ4v) is 3.51. The number of hydrogen-bond donors (Lipinski definition) is 2. The summed E-state index contributed by atoms with van der Waals surface area (Å²) in [6, 6.07) is 7.37. The van der Waals surface area contributed by atoms with E-state index in [9.17, 15) is 4.79 Å². The van der Waals surface area contributed by atoms with Crippen molar-refractivity contribution >= 4 is 29.1 Å². The molecule has 1 aliphatic rings. The van der Waals surface area contributed by atoms with Crippen molar-refractivity contribution in [1.82, 2.24) is 0 Å². The molecule has 0 unspecified atom stereocenters. The van der Waals surface area contributed by atoms with Gasteiger partial charge in [-0.25, -0.2) is 0 Å². The van der Waals surface area contributed by atoms with Gasteiger partial charge >= 0.3 is 0 Å². The van der Waals surface area contributed by atoms with Crippen molar-refractivity contribution in [3.05, 3.63) is 29.8 Å². The third kappa shape index (κ3) is 4.27. The molecule has 1 aliphatic heterocycles.